The van der Waals surface area contributed by atoms with Gasteiger partial charge in [0.1, 0.15) is 0 Å². The number of hydrogen-bond acceptors (Lipinski definition) is 4. The van der Waals surface area contributed by atoms with Crippen LogP contribution in [0.3, 0.4) is 0 Å². The average Bonchev–Trinajstić information content (AvgIpc) is 2.95. The standard InChI is InChI=1S/C20H36O4/c1-15-5-6-16-17(2,13-22)7-4-8-18(16,3)20(15)10-9-19(14-23,24-20)11-12-21/h15-16,21-23H,4-14H2,1-3H3/t15-,16+,17+,18+,19+,20-/m1/s1. The molecule has 1 saturated heterocycles. The minimum absolute atomic E-state index is 0.0138. The van der Waals surface area contributed by atoms with Crippen LogP contribution >= 0.6 is 0 Å². The quantitative estimate of drug-likeness (QED) is 0.736. The van der Waals surface area contributed by atoms with Crippen molar-refractivity contribution in [3.05, 3.63) is 0 Å². The lowest BCUT2D eigenvalue weighted by Crippen LogP contribution is -2.64. The minimum Gasteiger partial charge on any atom is -0.396 e. The predicted octanol–water partition coefficient (Wildman–Crippen LogP) is 2.88. The highest BCUT2D eigenvalue weighted by molar-refractivity contribution is 5.16. The van der Waals surface area contributed by atoms with Crippen molar-refractivity contribution < 1.29 is 20.1 Å². The molecule has 0 unspecified atom stereocenters. The Morgan fingerprint density at radius 1 is 0.958 bits per heavy atom. The van der Waals surface area contributed by atoms with Gasteiger partial charge < -0.3 is 20.1 Å². The minimum atomic E-state index is -0.582. The molecule has 1 spiro atoms. The van der Waals surface area contributed by atoms with Crippen LogP contribution in [-0.4, -0.2) is 46.3 Å². The summed E-state index contributed by atoms with van der Waals surface area (Å²) >= 11 is 0. The second-order valence-corrected chi connectivity index (χ2v) is 9.42. The average molecular weight is 341 g/mol. The molecule has 0 bridgehead atoms. The molecule has 0 aromatic carbocycles. The molecule has 6 atom stereocenters. The van der Waals surface area contributed by atoms with E-state index in [4.69, 9.17) is 4.74 Å². The van der Waals surface area contributed by atoms with Gasteiger partial charge >= 0.3 is 0 Å². The third-order valence-electron chi connectivity index (χ3n) is 8.27. The van der Waals surface area contributed by atoms with E-state index in [2.05, 4.69) is 20.8 Å². The van der Waals surface area contributed by atoms with E-state index in [-0.39, 0.29) is 36.3 Å². The normalized spacial score (nSPS) is 51.8. The molecule has 3 rings (SSSR count). The van der Waals surface area contributed by atoms with Crippen LogP contribution in [0.2, 0.25) is 0 Å². The Bertz CT molecular complexity index is 469. The van der Waals surface area contributed by atoms with E-state index in [1.807, 2.05) is 0 Å². The summed E-state index contributed by atoms with van der Waals surface area (Å²) in [4.78, 5) is 0. The van der Waals surface area contributed by atoms with E-state index >= 15 is 0 Å². The molecule has 0 aromatic heterocycles. The Hall–Kier alpha value is -0.160. The second-order valence-electron chi connectivity index (χ2n) is 9.42. The van der Waals surface area contributed by atoms with Gasteiger partial charge in [0.15, 0.2) is 0 Å². The lowest BCUT2D eigenvalue weighted by atomic mass is 9.44. The molecule has 0 aromatic rings. The van der Waals surface area contributed by atoms with E-state index in [0.29, 0.717) is 18.3 Å². The van der Waals surface area contributed by atoms with Crippen molar-refractivity contribution >= 4 is 0 Å². The Labute approximate surface area is 146 Å². The van der Waals surface area contributed by atoms with Crippen molar-refractivity contribution in [1.29, 1.82) is 0 Å². The summed E-state index contributed by atoms with van der Waals surface area (Å²) in [5, 5.41) is 29.6. The number of aliphatic hydroxyl groups is 3. The number of hydrogen-bond donors (Lipinski definition) is 3. The maximum atomic E-state index is 10.1. The zero-order valence-electron chi connectivity index (χ0n) is 15.7. The van der Waals surface area contributed by atoms with Crippen LogP contribution in [0.25, 0.3) is 0 Å². The van der Waals surface area contributed by atoms with Crippen LogP contribution < -0.4 is 0 Å². The first kappa shape index (κ1) is 18.6. The molecule has 1 heterocycles. The van der Waals surface area contributed by atoms with Gasteiger partial charge in [-0.25, -0.2) is 0 Å². The van der Waals surface area contributed by atoms with Crippen LogP contribution in [0.15, 0.2) is 0 Å². The highest BCUT2D eigenvalue weighted by Gasteiger charge is 2.67. The number of aliphatic hydroxyl groups excluding tert-OH is 3. The lowest BCUT2D eigenvalue weighted by molar-refractivity contribution is -0.259. The number of fused-ring (bicyclic) bond motifs is 2. The van der Waals surface area contributed by atoms with Gasteiger partial charge in [0, 0.05) is 25.0 Å². The van der Waals surface area contributed by atoms with Gasteiger partial charge in [0.25, 0.3) is 0 Å². The molecule has 0 amide bonds. The summed E-state index contributed by atoms with van der Waals surface area (Å²) in [5.41, 5.74) is -0.802. The predicted molar refractivity (Wildman–Crippen MR) is 93.6 cm³/mol. The van der Waals surface area contributed by atoms with Crippen LogP contribution in [0.1, 0.15) is 72.1 Å². The third kappa shape index (κ3) is 2.40. The summed E-state index contributed by atoms with van der Waals surface area (Å²) in [6.07, 6.45) is 7.94. The molecule has 3 fully saturated rings. The van der Waals surface area contributed by atoms with E-state index in [1.54, 1.807) is 0 Å². The number of rotatable bonds is 4. The highest BCUT2D eigenvalue weighted by atomic mass is 16.5. The maximum absolute atomic E-state index is 10.1. The summed E-state index contributed by atoms with van der Waals surface area (Å²) < 4.78 is 6.80. The summed E-state index contributed by atoms with van der Waals surface area (Å²) in [7, 11) is 0. The van der Waals surface area contributed by atoms with E-state index in [1.165, 1.54) is 0 Å². The maximum Gasteiger partial charge on any atom is 0.0942 e. The largest absolute Gasteiger partial charge is 0.396 e. The topological polar surface area (TPSA) is 69.9 Å². The Balaban J connectivity index is 2.00. The molecule has 3 aliphatic rings. The second kappa shape index (κ2) is 6.22. The third-order valence-corrected chi connectivity index (χ3v) is 8.27. The Kier molecular flexibility index (Phi) is 4.83. The lowest BCUT2D eigenvalue weighted by Gasteiger charge is -2.64. The van der Waals surface area contributed by atoms with Gasteiger partial charge in [-0.1, -0.05) is 27.2 Å². The Morgan fingerprint density at radius 2 is 1.71 bits per heavy atom. The van der Waals surface area contributed by atoms with Gasteiger partial charge in [0.05, 0.1) is 17.8 Å². The highest BCUT2D eigenvalue weighted by Crippen LogP contribution is 2.67. The fourth-order valence-corrected chi connectivity index (χ4v) is 6.77. The first-order valence-electron chi connectivity index (χ1n) is 9.84. The molecular formula is C20H36O4. The van der Waals surface area contributed by atoms with E-state index in [9.17, 15) is 15.3 Å². The summed E-state index contributed by atoms with van der Waals surface area (Å²) in [5.74, 6) is 0.912. The molecule has 140 valence electrons. The molecule has 1 aliphatic heterocycles. The Morgan fingerprint density at radius 3 is 2.33 bits per heavy atom. The van der Waals surface area contributed by atoms with Crippen molar-refractivity contribution in [3.63, 3.8) is 0 Å². The van der Waals surface area contributed by atoms with E-state index in [0.717, 1.165) is 44.9 Å². The molecule has 4 nitrogen and oxygen atoms in total. The van der Waals surface area contributed by atoms with Crippen LogP contribution in [-0.2, 0) is 4.74 Å². The van der Waals surface area contributed by atoms with Crippen molar-refractivity contribution in [3.8, 4) is 0 Å². The molecule has 2 aliphatic carbocycles. The summed E-state index contributed by atoms with van der Waals surface area (Å²) in [6.45, 7) is 7.23. The van der Waals surface area contributed by atoms with Crippen LogP contribution in [0.4, 0.5) is 0 Å². The monoisotopic (exact) mass is 340 g/mol. The first-order valence-corrected chi connectivity index (χ1v) is 9.84. The molecular weight excluding hydrogens is 304 g/mol. The first-order chi connectivity index (χ1) is 11.3. The molecule has 2 saturated carbocycles. The van der Waals surface area contributed by atoms with Crippen LogP contribution in [0, 0.1) is 22.7 Å². The summed E-state index contributed by atoms with van der Waals surface area (Å²) in [6, 6.07) is 0. The van der Waals surface area contributed by atoms with E-state index < -0.39 is 5.60 Å². The van der Waals surface area contributed by atoms with Crippen molar-refractivity contribution in [1.82, 2.24) is 0 Å². The number of ether oxygens (including phenoxy) is 1. The van der Waals surface area contributed by atoms with Crippen LogP contribution in [0.5, 0.6) is 0 Å². The fourth-order valence-electron chi connectivity index (χ4n) is 6.77. The van der Waals surface area contributed by atoms with Gasteiger partial charge in [0.2, 0.25) is 0 Å². The van der Waals surface area contributed by atoms with Gasteiger partial charge in [-0.15, -0.1) is 0 Å². The molecule has 0 radical (unpaired) electrons. The van der Waals surface area contributed by atoms with Gasteiger partial charge in [-0.3, -0.25) is 0 Å². The van der Waals surface area contributed by atoms with Gasteiger partial charge in [-0.05, 0) is 55.8 Å². The van der Waals surface area contributed by atoms with Crippen molar-refractivity contribution in [2.45, 2.75) is 83.3 Å². The molecule has 4 heteroatoms. The smallest absolute Gasteiger partial charge is 0.0942 e. The zero-order chi connectivity index (χ0) is 17.6. The van der Waals surface area contributed by atoms with Crippen molar-refractivity contribution in [2.24, 2.45) is 22.7 Å². The van der Waals surface area contributed by atoms with Gasteiger partial charge in [-0.2, -0.15) is 0 Å². The zero-order valence-corrected chi connectivity index (χ0v) is 15.7. The van der Waals surface area contributed by atoms with Crippen molar-refractivity contribution in [2.75, 3.05) is 19.8 Å². The molecule has 24 heavy (non-hydrogen) atoms. The fraction of sp³-hybridized carbons (Fsp3) is 1.00. The SMILES string of the molecule is C[C@@H]1CC[C@H]2[C@](C)(CO)CCC[C@]2(C)[C@@]12CC[C@@](CO)(CCO)O2. The molecule has 3 N–H and O–H groups in total.